The highest BCUT2D eigenvalue weighted by Gasteiger charge is 2.24. The Bertz CT molecular complexity index is 1230. The minimum absolute atomic E-state index is 0.102. The maximum atomic E-state index is 12.6. The molecule has 5 rings (SSSR count). The number of ether oxygens (including phenoxy) is 2. The fraction of sp³-hybridized carbons (Fsp3) is 0.407. The Balaban J connectivity index is 1.16. The molecule has 8 heteroatoms. The molecule has 184 valence electrons. The summed E-state index contributed by atoms with van der Waals surface area (Å²) >= 11 is 0. The van der Waals surface area contributed by atoms with E-state index in [-0.39, 0.29) is 12.5 Å². The largest absolute Gasteiger partial charge is 0.477 e. The molecule has 2 N–H and O–H groups in total. The van der Waals surface area contributed by atoms with Crippen LogP contribution in [0.4, 0.5) is 0 Å². The van der Waals surface area contributed by atoms with Crippen molar-refractivity contribution in [1.29, 1.82) is 0 Å². The van der Waals surface area contributed by atoms with Crippen LogP contribution in [0.15, 0.2) is 53.3 Å². The van der Waals surface area contributed by atoms with Crippen molar-refractivity contribution in [2.24, 2.45) is 0 Å². The van der Waals surface area contributed by atoms with Gasteiger partial charge in [-0.3, -0.25) is 9.55 Å². The summed E-state index contributed by atoms with van der Waals surface area (Å²) in [6, 6.07) is 16.0. The molecular weight excluding hydrogens is 446 g/mol. The number of aromatic amines is 1. The summed E-state index contributed by atoms with van der Waals surface area (Å²) in [6.07, 6.45) is 5.22. The number of piperidine rings is 1. The number of unbranched alkanes of at least 4 members (excludes halogenated alkanes) is 2. The minimum Gasteiger partial charge on any atom is -0.477 e. The van der Waals surface area contributed by atoms with E-state index in [1.54, 1.807) is 18.2 Å². The molecule has 0 atom stereocenters. The first-order chi connectivity index (χ1) is 17.1. The molecule has 1 aromatic heterocycles. The summed E-state index contributed by atoms with van der Waals surface area (Å²) in [5, 5.41) is 9.66. The van der Waals surface area contributed by atoms with Gasteiger partial charge in [-0.2, -0.15) is 0 Å². The highest BCUT2D eigenvalue weighted by molar-refractivity contribution is 5.93. The first kappa shape index (κ1) is 23.2. The first-order valence-electron chi connectivity index (χ1n) is 12.3. The Kier molecular flexibility index (Phi) is 6.90. The molecule has 2 aliphatic rings. The number of nitrogens with zero attached hydrogens (tertiary/aromatic N) is 2. The lowest BCUT2D eigenvalue weighted by molar-refractivity contribution is 0.0691. The summed E-state index contributed by atoms with van der Waals surface area (Å²) in [5.41, 5.74) is 1.94. The van der Waals surface area contributed by atoms with Crippen LogP contribution in [0, 0.1) is 0 Å². The number of hydrogen-bond acceptors (Lipinski definition) is 5. The lowest BCUT2D eigenvalue weighted by atomic mass is 9.89. The predicted octanol–water partition coefficient (Wildman–Crippen LogP) is 4.32. The van der Waals surface area contributed by atoms with Gasteiger partial charge in [0.1, 0.15) is 0 Å². The highest BCUT2D eigenvalue weighted by atomic mass is 16.7. The number of benzene rings is 2. The van der Waals surface area contributed by atoms with Crippen LogP contribution >= 0.6 is 0 Å². The average molecular weight is 478 g/mol. The van der Waals surface area contributed by atoms with Crippen molar-refractivity contribution >= 4 is 5.97 Å². The van der Waals surface area contributed by atoms with Gasteiger partial charge in [0.15, 0.2) is 17.2 Å². The van der Waals surface area contributed by atoms with Crippen molar-refractivity contribution in [2.75, 3.05) is 26.4 Å². The number of H-pyrrole nitrogens is 1. The maximum absolute atomic E-state index is 12.6. The van der Waals surface area contributed by atoms with Crippen LogP contribution in [0.1, 0.15) is 54.1 Å². The van der Waals surface area contributed by atoms with Gasteiger partial charge in [0.25, 0.3) is 0 Å². The standard InChI is InChI=1S/C27H31N3O5/c31-26(32)24-25(21-9-10-22-23(17-21)35-18-34-22)30(27(33)28-24)14-6-2-5-13-29-15-11-20(12-16-29)19-7-3-1-4-8-19/h1,3-4,7-10,17,20H,2,5-6,11-16,18H2,(H,28,33)(H,31,32). The molecule has 8 nitrogen and oxygen atoms in total. The van der Waals surface area contributed by atoms with Crippen molar-refractivity contribution in [3.05, 3.63) is 70.3 Å². The molecule has 0 radical (unpaired) electrons. The molecule has 0 spiro atoms. The van der Waals surface area contributed by atoms with Crippen molar-refractivity contribution in [2.45, 2.75) is 44.6 Å². The third-order valence-electron chi connectivity index (χ3n) is 7.06. The summed E-state index contributed by atoms with van der Waals surface area (Å²) in [7, 11) is 0. The van der Waals surface area contributed by atoms with Gasteiger partial charge in [0.05, 0.1) is 5.69 Å². The lowest BCUT2D eigenvalue weighted by Gasteiger charge is -2.32. The summed E-state index contributed by atoms with van der Waals surface area (Å²) < 4.78 is 12.3. The van der Waals surface area contributed by atoms with Gasteiger partial charge in [-0.25, -0.2) is 9.59 Å². The normalized spacial score (nSPS) is 16.0. The van der Waals surface area contributed by atoms with Gasteiger partial charge in [0, 0.05) is 12.1 Å². The molecule has 3 aromatic rings. The van der Waals surface area contributed by atoms with E-state index in [0.29, 0.717) is 35.2 Å². The molecular formula is C27H31N3O5. The van der Waals surface area contributed by atoms with Crippen LogP contribution in [0.2, 0.25) is 0 Å². The first-order valence-corrected chi connectivity index (χ1v) is 12.3. The smallest absolute Gasteiger partial charge is 0.354 e. The molecule has 0 saturated carbocycles. The number of imidazole rings is 1. The van der Waals surface area contributed by atoms with Crippen LogP contribution in [-0.4, -0.2) is 52.0 Å². The van der Waals surface area contributed by atoms with Gasteiger partial charge in [-0.1, -0.05) is 36.8 Å². The fourth-order valence-electron chi connectivity index (χ4n) is 5.18. The Morgan fingerprint density at radius 3 is 2.49 bits per heavy atom. The number of carboxylic acids is 1. The van der Waals surface area contributed by atoms with Crippen molar-refractivity contribution in [3.63, 3.8) is 0 Å². The highest BCUT2D eigenvalue weighted by Crippen LogP contribution is 2.36. The number of aromatic nitrogens is 2. The van der Waals surface area contributed by atoms with Gasteiger partial charge < -0.3 is 19.5 Å². The van der Waals surface area contributed by atoms with E-state index < -0.39 is 11.7 Å². The quantitative estimate of drug-likeness (QED) is 0.446. The Hall–Kier alpha value is -3.52. The average Bonchev–Trinajstić information content (AvgIpc) is 3.48. The van der Waals surface area contributed by atoms with Crippen molar-refractivity contribution in [3.8, 4) is 22.8 Å². The number of fused-ring (bicyclic) bond motifs is 1. The van der Waals surface area contributed by atoms with E-state index in [1.807, 2.05) is 0 Å². The predicted molar refractivity (Wildman–Crippen MR) is 132 cm³/mol. The number of carbonyl (C=O) groups is 1. The lowest BCUT2D eigenvalue weighted by Crippen LogP contribution is -2.33. The second kappa shape index (κ2) is 10.4. The molecule has 0 unspecified atom stereocenters. The topological polar surface area (TPSA) is 96.8 Å². The van der Waals surface area contributed by atoms with Crippen molar-refractivity contribution in [1.82, 2.24) is 14.5 Å². The van der Waals surface area contributed by atoms with Gasteiger partial charge in [-0.05, 0) is 75.0 Å². The second-order valence-electron chi connectivity index (χ2n) is 9.27. The van der Waals surface area contributed by atoms with E-state index in [4.69, 9.17) is 9.47 Å². The Morgan fingerprint density at radius 1 is 0.971 bits per heavy atom. The molecule has 0 aliphatic carbocycles. The van der Waals surface area contributed by atoms with Gasteiger partial charge in [-0.15, -0.1) is 0 Å². The number of hydrogen-bond donors (Lipinski definition) is 2. The molecule has 0 amide bonds. The molecule has 2 aliphatic heterocycles. The third-order valence-corrected chi connectivity index (χ3v) is 7.06. The van der Waals surface area contributed by atoms with Crippen LogP contribution in [0.3, 0.4) is 0 Å². The maximum Gasteiger partial charge on any atom is 0.354 e. The number of rotatable bonds is 9. The summed E-state index contributed by atoms with van der Waals surface area (Å²) in [4.78, 5) is 29.5. The van der Waals surface area contributed by atoms with E-state index in [1.165, 1.54) is 23.0 Å². The van der Waals surface area contributed by atoms with E-state index in [9.17, 15) is 14.7 Å². The van der Waals surface area contributed by atoms with Gasteiger partial charge in [0.2, 0.25) is 6.79 Å². The van der Waals surface area contributed by atoms with Crippen molar-refractivity contribution < 1.29 is 19.4 Å². The summed E-state index contributed by atoms with van der Waals surface area (Å²) in [6.45, 7) is 3.88. The zero-order chi connectivity index (χ0) is 24.2. The van der Waals surface area contributed by atoms with E-state index in [0.717, 1.165) is 38.9 Å². The molecule has 1 saturated heterocycles. The van der Waals surface area contributed by atoms with E-state index >= 15 is 0 Å². The molecule has 1 fully saturated rings. The number of likely N-dealkylation sites (tertiary alicyclic amines) is 1. The SMILES string of the molecule is O=C(O)c1[nH]c(=O)n(CCCCCN2CCC(c3ccccc3)CC2)c1-c1ccc2c(c1)OCO2. The van der Waals surface area contributed by atoms with Gasteiger partial charge >= 0.3 is 11.7 Å². The van der Waals surface area contributed by atoms with Crippen LogP contribution in [-0.2, 0) is 6.54 Å². The zero-order valence-electron chi connectivity index (χ0n) is 19.7. The molecule has 35 heavy (non-hydrogen) atoms. The number of nitrogens with one attached hydrogen (secondary N) is 1. The number of carboxylic acid groups (broad SMARTS) is 1. The third kappa shape index (κ3) is 5.12. The summed E-state index contributed by atoms with van der Waals surface area (Å²) in [5.74, 6) is 0.663. The van der Waals surface area contributed by atoms with Crippen LogP contribution in [0.5, 0.6) is 11.5 Å². The fourth-order valence-corrected chi connectivity index (χ4v) is 5.18. The Labute approximate surface area is 204 Å². The molecule has 0 bridgehead atoms. The monoisotopic (exact) mass is 477 g/mol. The van der Waals surface area contributed by atoms with Crippen LogP contribution in [0.25, 0.3) is 11.3 Å². The minimum atomic E-state index is -1.16. The second-order valence-corrected chi connectivity index (χ2v) is 9.27. The number of aromatic carboxylic acids is 1. The molecule has 2 aromatic carbocycles. The zero-order valence-corrected chi connectivity index (χ0v) is 19.7. The molecule has 3 heterocycles. The van der Waals surface area contributed by atoms with Crippen LogP contribution < -0.4 is 15.2 Å². The Morgan fingerprint density at radius 2 is 1.71 bits per heavy atom. The van der Waals surface area contributed by atoms with E-state index in [2.05, 4.69) is 40.2 Å².